The Morgan fingerprint density at radius 2 is 1.86 bits per heavy atom. The van der Waals surface area contributed by atoms with Gasteiger partial charge in [0.2, 0.25) is 5.95 Å². The van der Waals surface area contributed by atoms with Gasteiger partial charge in [0, 0.05) is 49.0 Å². The van der Waals surface area contributed by atoms with E-state index >= 15 is 0 Å². The molecule has 4 aromatic rings. The van der Waals surface area contributed by atoms with Crippen LogP contribution < -0.4 is 10.2 Å². The van der Waals surface area contributed by atoms with Crippen LogP contribution in [-0.4, -0.2) is 46.2 Å². The second kappa shape index (κ2) is 9.05. The molecule has 1 saturated heterocycles. The number of amides is 1. The van der Waals surface area contributed by atoms with Crippen LogP contribution in [0.5, 0.6) is 0 Å². The number of halogens is 2. The maximum Gasteiger partial charge on any atom is 0.260 e. The number of pyridine rings is 1. The number of aryl methyl sites for hydroxylation is 1. The second-order valence-electron chi connectivity index (χ2n) is 10.0. The number of fused-ring (bicyclic) bond motifs is 1. The van der Waals surface area contributed by atoms with Crippen LogP contribution in [0.1, 0.15) is 36.7 Å². The topological polar surface area (TPSA) is 63.8 Å². The zero-order valence-electron chi connectivity index (χ0n) is 20.8. The number of imidazole rings is 1. The molecule has 7 nitrogen and oxygen atoms in total. The third-order valence-corrected chi connectivity index (χ3v) is 6.48. The summed E-state index contributed by atoms with van der Waals surface area (Å²) in [4.78, 5) is 19.6. The molecule has 3 aromatic heterocycles. The number of anilines is 2. The molecule has 5 rings (SSSR count). The van der Waals surface area contributed by atoms with Gasteiger partial charge in [0.1, 0.15) is 5.82 Å². The molecular weight excluding hydrogens is 464 g/mol. The molecule has 1 aliphatic rings. The molecule has 1 amide bonds. The molecule has 0 unspecified atom stereocenters. The van der Waals surface area contributed by atoms with E-state index in [4.69, 9.17) is 4.74 Å². The molecule has 0 atom stereocenters. The summed E-state index contributed by atoms with van der Waals surface area (Å²) in [5, 5.41) is 2.57. The number of carbonyl (C=O) groups is 1. The summed E-state index contributed by atoms with van der Waals surface area (Å²) in [5.74, 6) is -1.95. The zero-order chi connectivity index (χ0) is 25.6. The molecule has 9 heteroatoms. The third-order valence-electron chi connectivity index (χ3n) is 6.48. The lowest BCUT2D eigenvalue weighted by atomic mass is 10.00. The Hall–Kier alpha value is -3.72. The lowest BCUT2D eigenvalue weighted by Crippen LogP contribution is -2.36. The summed E-state index contributed by atoms with van der Waals surface area (Å²) >= 11 is 0. The predicted molar refractivity (Wildman–Crippen MR) is 136 cm³/mol. The van der Waals surface area contributed by atoms with Crippen molar-refractivity contribution in [1.29, 1.82) is 0 Å². The fraction of sp³-hybridized carbons (Fsp3) is 0.333. The highest BCUT2D eigenvalue weighted by Gasteiger charge is 2.24. The van der Waals surface area contributed by atoms with Crippen molar-refractivity contribution in [2.45, 2.75) is 33.2 Å². The molecule has 0 aliphatic carbocycles. The first kappa shape index (κ1) is 24.0. The third kappa shape index (κ3) is 4.35. The lowest BCUT2D eigenvalue weighted by molar-refractivity contribution is 0.102. The number of rotatable bonds is 4. The van der Waals surface area contributed by atoms with Crippen LogP contribution >= 0.6 is 0 Å². The average molecular weight is 494 g/mol. The molecular formula is C27H29F2N5O2. The van der Waals surface area contributed by atoms with E-state index < -0.39 is 23.2 Å². The molecule has 0 spiro atoms. The minimum Gasteiger partial charge on any atom is -0.378 e. The van der Waals surface area contributed by atoms with Crippen molar-refractivity contribution < 1.29 is 18.3 Å². The number of nitrogens with one attached hydrogen (secondary N) is 1. The van der Waals surface area contributed by atoms with Crippen molar-refractivity contribution in [3.8, 4) is 11.1 Å². The van der Waals surface area contributed by atoms with Gasteiger partial charge < -0.3 is 23.9 Å². The fourth-order valence-corrected chi connectivity index (χ4v) is 4.57. The van der Waals surface area contributed by atoms with Crippen LogP contribution in [0.3, 0.4) is 0 Å². The largest absolute Gasteiger partial charge is 0.378 e. The smallest absolute Gasteiger partial charge is 0.260 e. The Labute approximate surface area is 208 Å². The maximum atomic E-state index is 14.9. The van der Waals surface area contributed by atoms with Gasteiger partial charge in [-0.2, -0.15) is 4.39 Å². The predicted octanol–water partition coefficient (Wildman–Crippen LogP) is 5.23. The highest BCUT2D eigenvalue weighted by molar-refractivity contribution is 6.04. The minimum atomic E-state index is -0.705. The Bertz CT molecular complexity index is 1440. The van der Waals surface area contributed by atoms with Gasteiger partial charge in [0.15, 0.2) is 5.65 Å². The van der Waals surface area contributed by atoms with Crippen LogP contribution in [0.4, 0.5) is 20.2 Å². The molecule has 1 fully saturated rings. The monoisotopic (exact) mass is 493 g/mol. The van der Waals surface area contributed by atoms with Crippen LogP contribution in [0.25, 0.3) is 16.8 Å². The molecule has 1 aromatic carbocycles. The molecule has 0 saturated carbocycles. The number of nitrogens with zero attached hydrogens (tertiary/aromatic N) is 4. The van der Waals surface area contributed by atoms with Crippen molar-refractivity contribution >= 4 is 22.9 Å². The molecule has 1 aliphatic heterocycles. The van der Waals surface area contributed by atoms with Crippen LogP contribution in [-0.2, 0) is 10.3 Å². The van der Waals surface area contributed by atoms with Gasteiger partial charge in [-0.05, 0) is 63.1 Å². The molecule has 188 valence electrons. The molecule has 0 bridgehead atoms. The van der Waals surface area contributed by atoms with Gasteiger partial charge in [-0.25, -0.2) is 9.37 Å². The highest BCUT2D eigenvalue weighted by Crippen LogP contribution is 2.33. The minimum absolute atomic E-state index is 0.0119. The molecule has 36 heavy (non-hydrogen) atoms. The molecule has 1 N–H and O–H groups in total. The fourth-order valence-electron chi connectivity index (χ4n) is 4.57. The summed E-state index contributed by atoms with van der Waals surface area (Å²) in [6, 6.07) is 6.42. The normalized spacial score (nSPS) is 14.4. The van der Waals surface area contributed by atoms with Gasteiger partial charge in [-0.3, -0.25) is 4.79 Å². The van der Waals surface area contributed by atoms with Crippen LogP contribution in [0, 0.1) is 18.7 Å². The Balaban J connectivity index is 1.52. The standard InChI is InChI=1S/C27H29F2N5O2/c1-17-13-21(28)22(31-26(35)19-5-7-34(24(19)29)27(2,3)4)15-20(17)18-14-23(32-9-11-36-12-10-32)25-30-6-8-33(25)16-18/h5-8,13-16H,9-12H2,1-4H3,(H,31,35). The van der Waals surface area contributed by atoms with Crippen LogP contribution in [0.15, 0.2) is 49.1 Å². The van der Waals surface area contributed by atoms with E-state index in [2.05, 4.69) is 15.2 Å². The van der Waals surface area contributed by atoms with E-state index in [0.717, 1.165) is 35.6 Å². The van der Waals surface area contributed by atoms with E-state index in [1.807, 2.05) is 50.6 Å². The Morgan fingerprint density at radius 3 is 2.56 bits per heavy atom. The number of morpholine rings is 1. The van der Waals surface area contributed by atoms with E-state index in [1.54, 1.807) is 12.3 Å². The van der Waals surface area contributed by atoms with E-state index in [0.29, 0.717) is 18.8 Å². The van der Waals surface area contributed by atoms with E-state index in [-0.39, 0.29) is 11.3 Å². The number of aromatic nitrogens is 3. The van der Waals surface area contributed by atoms with Crippen LogP contribution in [0.2, 0.25) is 0 Å². The van der Waals surface area contributed by atoms with Crippen molar-refractivity contribution in [2.24, 2.45) is 0 Å². The molecule has 4 heterocycles. The van der Waals surface area contributed by atoms with E-state index in [1.165, 1.54) is 22.9 Å². The number of ether oxygens (including phenoxy) is 1. The van der Waals surface area contributed by atoms with E-state index in [9.17, 15) is 13.6 Å². The van der Waals surface area contributed by atoms with Crippen molar-refractivity contribution in [3.63, 3.8) is 0 Å². The van der Waals surface area contributed by atoms with Gasteiger partial charge in [-0.15, -0.1) is 0 Å². The average Bonchev–Trinajstić information content (AvgIpc) is 3.47. The summed E-state index contributed by atoms with van der Waals surface area (Å²) < 4.78 is 38.7. The van der Waals surface area contributed by atoms with Gasteiger partial charge in [0.25, 0.3) is 5.91 Å². The van der Waals surface area contributed by atoms with Crippen molar-refractivity contribution in [2.75, 3.05) is 36.5 Å². The van der Waals surface area contributed by atoms with Gasteiger partial charge in [-0.1, -0.05) is 0 Å². The summed E-state index contributed by atoms with van der Waals surface area (Å²) in [6.45, 7) is 10.1. The first-order valence-corrected chi connectivity index (χ1v) is 11.9. The Morgan fingerprint density at radius 1 is 1.11 bits per heavy atom. The van der Waals surface area contributed by atoms with Gasteiger partial charge in [0.05, 0.1) is 30.2 Å². The second-order valence-corrected chi connectivity index (χ2v) is 10.0. The SMILES string of the molecule is Cc1cc(F)c(NC(=O)c2ccn(C(C)(C)C)c2F)cc1-c1cc(N2CCOCC2)c2nccn2c1. The number of benzene rings is 1. The number of hydrogen-bond acceptors (Lipinski definition) is 4. The first-order chi connectivity index (χ1) is 17.1. The zero-order valence-corrected chi connectivity index (χ0v) is 20.8. The maximum absolute atomic E-state index is 14.9. The van der Waals surface area contributed by atoms with Gasteiger partial charge >= 0.3 is 0 Å². The lowest BCUT2D eigenvalue weighted by Gasteiger charge is -2.29. The first-order valence-electron chi connectivity index (χ1n) is 11.9. The number of hydrogen-bond donors (Lipinski definition) is 1. The van der Waals surface area contributed by atoms with Crippen molar-refractivity contribution in [3.05, 3.63) is 71.9 Å². The summed E-state index contributed by atoms with van der Waals surface area (Å²) in [6.07, 6.45) is 7.06. The number of carbonyl (C=O) groups excluding carboxylic acids is 1. The van der Waals surface area contributed by atoms with Crippen molar-refractivity contribution in [1.82, 2.24) is 14.0 Å². The summed E-state index contributed by atoms with van der Waals surface area (Å²) in [5.41, 5.74) is 3.42. The molecule has 0 radical (unpaired) electrons. The quantitative estimate of drug-likeness (QED) is 0.423. The Kier molecular flexibility index (Phi) is 6.04. The highest BCUT2D eigenvalue weighted by atomic mass is 19.1. The summed E-state index contributed by atoms with van der Waals surface area (Å²) in [7, 11) is 0.